The summed E-state index contributed by atoms with van der Waals surface area (Å²) < 4.78 is 10.1. The predicted octanol–water partition coefficient (Wildman–Crippen LogP) is 2.47. The largest absolute Gasteiger partial charge is 0.469 e. The van der Waals surface area contributed by atoms with E-state index in [-0.39, 0.29) is 12.4 Å². The summed E-state index contributed by atoms with van der Waals surface area (Å²) in [5, 5.41) is 6.11. The molecule has 7 heteroatoms. The zero-order valence-electron chi connectivity index (χ0n) is 16.3. The van der Waals surface area contributed by atoms with E-state index in [4.69, 9.17) is 9.47 Å². The number of benzene rings is 1. The second kappa shape index (κ2) is 8.40. The lowest BCUT2D eigenvalue weighted by Gasteiger charge is -2.32. The third-order valence-electron chi connectivity index (χ3n) is 4.15. The molecule has 1 fully saturated rings. The van der Waals surface area contributed by atoms with Crippen LogP contribution in [-0.4, -0.2) is 51.0 Å². The summed E-state index contributed by atoms with van der Waals surface area (Å²) in [5.74, 6) is -0.311. The van der Waals surface area contributed by atoms with Gasteiger partial charge in [0.1, 0.15) is 5.60 Å². The van der Waals surface area contributed by atoms with Crippen molar-refractivity contribution in [3.05, 3.63) is 23.3 Å². The van der Waals surface area contributed by atoms with E-state index in [1.165, 1.54) is 7.11 Å². The second-order valence-corrected chi connectivity index (χ2v) is 7.40. The first-order valence-electron chi connectivity index (χ1n) is 8.85. The molecule has 1 aromatic rings. The minimum Gasteiger partial charge on any atom is -0.469 e. The van der Waals surface area contributed by atoms with Gasteiger partial charge in [-0.25, -0.2) is 4.79 Å². The number of rotatable bonds is 4. The van der Waals surface area contributed by atoms with Crippen LogP contribution in [0, 0.1) is 6.92 Å². The molecule has 0 aliphatic carbocycles. The molecule has 0 bridgehead atoms. The fraction of sp³-hybridized carbons (Fsp3) is 0.579. The number of nitrogens with zero attached hydrogens (tertiary/aromatic N) is 1. The summed E-state index contributed by atoms with van der Waals surface area (Å²) in [6, 6.07) is 3.74. The Morgan fingerprint density at radius 2 is 1.88 bits per heavy atom. The smallest absolute Gasteiger partial charge is 0.412 e. The first kappa shape index (κ1) is 20.0. The molecule has 1 aliphatic heterocycles. The van der Waals surface area contributed by atoms with Crippen LogP contribution in [0.5, 0.6) is 0 Å². The van der Waals surface area contributed by atoms with Crippen LogP contribution >= 0.6 is 0 Å². The van der Waals surface area contributed by atoms with Gasteiger partial charge in [0.2, 0.25) is 0 Å². The molecule has 1 aliphatic rings. The van der Waals surface area contributed by atoms with Crippen molar-refractivity contribution < 1.29 is 19.1 Å². The number of hydrogen-bond donors (Lipinski definition) is 2. The first-order chi connectivity index (χ1) is 12.2. The molecule has 2 N–H and O–H groups in total. The van der Waals surface area contributed by atoms with Crippen LogP contribution < -0.4 is 15.5 Å². The van der Waals surface area contributed by atoms with Gasteiger partial charge in [-0.1, -0.05) is 0 Å². The van der Waals surface area contributed by atoms with Crippen LogP contribution in [0.3, 0.4) is 0 Å². The van der Waals surface area contributed by atoms with Crippen molar-refractivity contribution in [3.8, 4) is 0 Å². The van der Waals surface area contributed by atoms with Gasteiger partial charge in [0.25, 0.3) is 0 Å². The Morgan fingerprint density at radius 3 is 2.46 bits per heavy atom. The number of ether oxygens (including phenoxy) is 2. The molecule has 0 atom stereocenters. The fourth-order valence-corrected chi connectivity index (χ4v) is 2.90. The van der Waals surface area contributed by atoms with E-state index in [0.29, 0.717) is 5.69 Å². The maximum Gasteiger partial charge on any atom is 0.412 e. The molecule has 0 saturated carbocycles. The van der Waals surface area contributed by atoms with E-state index in [2.05, 4.69) is 15.5 Å². The lowest BCUT2D eigenvalue weighted by Crippen LogP contribution is -2.44. The number of amides is 1. The minimum absolute atomic E-state index is 0.158. The zero-order valence-corrected chi connectivity index (χ0v) is 16.3. The molecule has 0 radical (unpaired) electrons. The molecular weight excluding hydrogens is 334 g/mol. The van der Waals surface area contributed by atoms with E-state index < -0.39 is 11.7 Å². The summed E-state index contributed by atoms with van der Waals surface area (Å²) in [6.07, 6.45) is -0.359. The van der Waals surface area contributed by atoms with Crippen molar-refractivity contribution in [1.29, 1.82) is 0 Å². The highest BCUT2D eigenvalue weighted by Gasteiger charge is 2.20. The lowest BCUT2D eigenvalue weighted by molar-refractivity contribution is -0.139. The van der Waals surface area contributed by atoms with Crippen LogP contribution in [0.15, 0.2) is 12.1 Å². The first-order valence-corrected chi connectivity index (χ1v) is 8.85. The standard InChI is InChI=1S/C19H29N3O4/c1-13-14(11-17(23)25-5)10-15(21-18(24)26-19(2,3)4)12-16(13)22-8-6-20-7-9-22/h10,12,20H,6-9,11H2,1-5H3,(H,21,24). The van der Waals surface area contributed by atoms with Crippen molar-refractivity contribution in [2.24, 2.45) is 0 Å². The van der Waals surface area contributed by atoms with Gasteiger partial charge < -0.3 is 19.7 Å². The summed E-state index contributed by atoms with van der Waals surface area (Å²) >= 11 is 0. The highest BCUT2D eigenvalue weighted by atomic mass is 16.6. The Hall–Kier alpha value is -2.28. The normalized spacial score (nSPS) is 14.7. The molecule has 7 nitrogen and oxygen atoms in total. The van der Waals surface area contributed by atoms with Gasteiger partial charge in [-0.05, 0) is 51.0 Å². The molecule has 26 heavy (non-hydrogen) atoms. The topological polar surface area (TPSA) is 79.9 Å². The molecular formula is C19H29N3O4. The van der Waals surface area contributed by atoms with Gasteiger partial charge in [0.05, 0.1) is 13.5 Å². The molecule has 2 rings (SSSR count). The second-order valence-electron chi connectivity index (χ2n) is 7.40. The van der Waals surface area contributed by atoms with Crippen molar-refractivity contribution in [2.75, 3.05) is 43.5 Å². The van der Waals surface area contributed by atoms with E-state index in [1.54, 1.807) is 0 Å². The van der Waals surface area contributed by atoms with E-state index in [9.17, 15) is 9.59 Å². The SMILES string of the molecule is COC(=O)Cc1cc(NC(=O)OC(C)(C)C)cc(N2CCNCC2)c1C. The zero-order chi connectivity index (χ0) is 19.3. The Kier molecular flexibility index (Phi) is 6.47. The number of carbonyl (C=O) groups is 2. The van der Waals surface area contributed by atoms with Gasteiger partial charge in [-0.2, -0.15) is 0 Å². The van der Waals surface area contributed by atoms with E-state index >= 15 is 0 Å². The molecule has 0 aromatic heterocycles. The average molecular weight is 363 g/mol. The average Bonchev–Trinajstić information content (AvgIpc) is 2.56. The highest BCUT2D eigenvalue weighted by Crippen LogP contribution is 2.29. The van der Waals surface area contributed by atoms with Crippen molar-refractivity contribution in [1.82, 2.24) is 5.32 Å². The quantitative estimate of drug-likeness (QED) is 0.800. The maximum absolute atomic E-state index is 12.1. The molecule has 144 valence electrons. The van der Waals surface area contributed by atoms with Crippen LogP contribution in [0.4, 0.5) is 16.2 Å². The summed E-state index contributed by atoms with van der Waals surface area (Å²) in [6.45, 7) is 11.0. The third-order valence-corrected chi connectivity index (χ3v) is 4.15. The van der Waals surface area contributed by atoms with Crippen LogP contribution in [0.1, 0.15) is 31.9 Å². The molecule has 0 unspecified atom stereocenters. The minimum atomic E-state index is -0.578. The Balaban J connectivity index is 2.32. The highest BCUT2D eigenvalue weighted by molar-refractivity contribution is 5.87. The third kappa shape index (κ3) is 5.62. The fourth-order valence-electron chi connectivity index (χ4n) is 2.90. The summed E-state index contributed by atoms with van der Waals surface area (Å²) in [5.41, 5.74) is 2.90. The number of hydrogen-bond acceptors (Lipinski definition) is 6. The van der Waals surface area contributed by atoms with E-state index in [1.807, 2.05) is 39.8 Å². The van der Waals surface area contributed by atoms with Crippen molar-refractivity contribution >= 4 is 23.4 Å². The van der Waals surface area contributed by atoms with Gasteiger partial charge in [0, 0.05) is 37.6 Å². The monoisotopic (exact) mass is 363 g/mol. The maximum atomic E-state index is 12.1. The predicted molar refractivity (Wildman–Crippen MR) is 102 cm³/mol. The summed E-state index contributed by atoms with van der Waals surface area (Å²) in [4.78, 5) is 26.2. The van der Waals surface area contributed by atoms with Gasteiger partial charge in [-0.15, -0.1) is 0 Å². The number of esters is 1. The van der Waals surface area contributed by atoms with Crippen LogP contribution in [0.25, 0.3) is 0 Å². The Labute approximate surface area is 155 Å². The molecule has 0 spiro atoms. The van der Waals surface area contributed by atoms with E-state index in [0.717, 1.165) is 43.0 Å². The number of methoxy groups -OCH3 is 1. The number of carbonyl (C=O) groups excluding carboxylic acids is 2. The summed E-state index contributed by atoms with van der Waals surface area (Å²) in [7, 11) is 1.37. The molecule has 1 heterocycles. The molecule has 1 aromatic carbocycles. The van der Waals surface area contributed by atoms with Crippen molar-refractivity contribution in [2.45, 2.75) is 39.7 Å². The van der Waals surface area contributed by atoms with Crippen LogP contribution in [-0.2, 0) is 20.7 Å². The van der Waals surface area contributed by atoms with Crippen molar-refractivity contribution in [3.63, 3.8) is 0 Å². The number of piperazine rings is 1. The van der Waals surface area contributed by atoms with Crippen LogP contribution in [0.2, 0.25) is 0 Å². The molecule has 1 amide bonds. The van der Waals surface area contributed by atoms with Gasteiger partial charge >= 0.3 is 12.1 Å². The lowest BCUT2D eigenvalue weighted by atomic mass is 10.0. The number of anilines is 2. The van der Waals surface area contributed by atoms with Gasteiger partial charge in [-0.3, -0.25) is 10.1 Å². The molecule has 1 saturated heterocycles. The Bertz CT molecular complexity index is 661. The van der Waals surface area contributed by atoms with Gasteiger partial charge in [0.15, 0.2) is 0 Å². The Morgan fingerprint density at radius 1 is 1.23 bits per heavy atom. The number of nitrogens with one attached hydrogen (secondary N) is 2.